The minimum Gasteiger partial charge on any atom is -0.465 e. The maximum Gasteiger partial charge on any atom is 0.320 e. The number of fused-ring (bicyclic) bond motifs is 1. The van der Waals surface area contributed by atoms with E-state index in [4.69, 9.17) is 4.74 Å². The van der Waals surface area contributed by atoms with E-state index in [1.165, 1.54) is 5.69 Å². The highest BCUT2D eigenvalue weighted by Gasteiger charge is 2.40. The highest BCUT2D eigenvalue weighted by molar-refractivity contribution is 5.84. The van der Waals surface area contributed by atoms with Gasteiger partial charge in [-0.05, 0) is 82.9 Å². The smallest absolute Gasteiger partial charge is 0.320 e. The molecule has 0 radical (unpaired) electrons. The van der Waals surface area contributed by atoms with Gasteiger partial charge in [0, 0.05) is 36.4 Å². The van der Waals surface area contributed by atoms with Crippen molar-refractivity contribution in [3.63, 3.8) is 0 Å². The summed E-state index contributed by atoms with van der Waals surface area (Å²) in [6.45, 7) is 8.06. The maximum absolute atomic E-state index is 13.5. The van der Waals surface area contributed by atoms with Gasteiger partial charge in [0.15, 0.2) is 0 Å². The highest BCUT2D eigenvalue weighted by Crippen LogP contribution is 2.31. The first-order valence-electron chi connectivity index (χ1n) is 12.7. The summed E-state index contributed by atoms with van der Waals surface area (Å²) in [4.78, 5) is 29.7. The molecule has 0 bridgehead atoms. The van der Waals surface area contributed by atoms with E-state index in [0.717, 1.165) is 62.5 Å². The lowest BCUT2D eigenvalue weighted by Crippen LogP contribution is -2.51. The summed E-state index contributed by atoms with van der Waals surface area (Å²) in [5, 5.41) is 10.4. The number of amides is 1. The fourth-order valence-corrected chi connectivity index (χ4v) is 5.43. The van der Waals surface area contributed by atoms with Crippen molar-refractivity contribution in [2.75, 3.05) is 19.7 Å². The Morgan fingerprint density at radius 1 is 1.24 bits per heavy atom. The van der Waals surface area contributed by atoms with Crippen molar-refractivity contribution in [3.8, 4) is 6.07 Å². The molecule has 1 aromatic carbocycles. The minimum atomic E-state index is -0.316. The first-order valence-corrected chi connectivity index (χ1v) is 12.7. The molecule has 182 valence electrons. The van der Waals surface area contributed by atoms with Crippen molar-refractivity contribution in [1.29, 1.82) is 5.26 Å². The van der Waals surface area contributed by atoms with Gasteiger partial charge in [-0.15, -0.1) is 0 Å². The SMILES string of the molecule is CCOC(=O)CN(C1CC1)C(C)C(=O)N1CCCC1CCc1cc2ccc(C#N)cc2n1CC. The highest BCUT2D eigenvalue weighted by atomic mass is 16.5. The minimum absolute atomic E-state index is 0.133. The molecule has 2 unspecified atom stereocenters. The topological polar surface area (TPSA) is 78.6 Å². The predicted octanol–water partition coefficient (Wildman–Crippen LogP) is 3.87. The lowest BCUT2D eigenvalue weighted by molar-refractivity contribution is -0.147. The van der Waals surface area contributed by atoms with E-state index in [1.54, 1.807) is 0 Å². The number of carbonyl (C=O) groups is 2. The van der Waals surface area contributed by atoms with E-state index < -0.39 is 0 Å². The van der Waals surface area contributed by atoms with Gasteiger partial charge in [0.05, 0.1) is 30.8 Å². The van der Waals surface area contributed by atoms with E-state index in [0.29, 0.717) is 18.2 Å². The molecular weight excluding hydrogens is 428 g/mol. The molecular formula is C27H36N4O3. The Balaban J connectivity index is 1.44. The number of hydrogen-bond acceptors (Lipinski definition) is 5. The predicted molar refractivity (Wildman–Crippen MR) is 131 cm³/mol. The molecule has 2 fully saturated rings. The lowest BCUT2D eigenvalue weighted by atomic mass is 10.1. The Kier molecular flexibility index (Phi) is 7.57. The number of hydrogen-bond donors (Lipinski definition) is 0. The zero-order chi connectivity index (χ0) is 24.2. The number of carbonyl (C=O) groups excluding carboxylic acids is 2. The van der Waals surface area contributed by atoms with E-state index in [9.17, 15) is 14.9 Å². The molecule has 1 amide bonds. The van der Waals surface area contributed by atoms with E-state index in [1.807, 2.05) is 36.9 Å². The van der Waals surface area contributed by atoms with Crippen LogP contribution in [-0.2, 0) is 27.3 Å². The van der Waals surface area contributed by atoms with Crippen LogP contribution in [0.3, 0.4) is 0 Å². The van der Waals surface area contributed by atoms with Crippen LogP contribution in [0.2, 0.25) is 0 Å². The third-order valence-electron chi connectivity index (χ3n) is 7.32. The molecule has 0 N–H and O–H groups in total. The number of esters is 1. The zero-order valence-electron chi connectivity index (χ0n) is 20.6. The molecule has 4 rings (SSSR count). The maximum atomic E-state index is 13.5. The van der Waals surface area contributed by atoms with Gasteiger partial charge in [0.25, 0.3) is 0 Å². The third-order valence-corrected chi connectivity index (χ3v) is 7.32. The monoisotopic (exact) mass is 464 g/mol. The van der Waals surface area contributed by atoms with Gasteiger partial charge in [-0.2, -0.15) is 5.26 Å². The number of aromatic nitrogens is 1. The number of rotatable bonds is 10. The van der Waals surface area contributed by atoms with Crippen LogP contribution in [-0.4, -0.2) is 64.1 Å². The van der Waals surface area contributed by atoms with Crippen LogP contribution in [0.4, 0.5) is 0 Å². The standard InChI is InChI=1S/C27H36N4O3/c1-4-29-24(16-21-9-8-20(17-28)15-25(21)29)13-12-22-7-6-14-30(22)27(33)19(3)31(23-10-11-23)18-26(32)34-5-2/h8-9,15-16,19,22-23H,4-7,10-14,18H2,1-3H3. The summed E-state index contributed by atoms with van der Waals surface area (Å²) in [7, 11) is 0. The zero-order valence-corrected chi connectivity index (χ0v) is 20.6. The third kappa shape index (κ3) is 5.12. The van der Waals surface area contributed by atoms with E-state index in [2.05, 4.69) is 28.5 Å². The van der Waals surface area contributed by atoms with Crippen LogP contribution < -0.4 is 0 Å². The van der Waals surface area contributed by atoms with Crippen LogP contribution in [0, 0.1) is 11.3 Å². The molecule has 2 aromatic rings. The van der Waals surface area contributed by atoms with Crippen LogP contribution in [0.15, 0.2) is 24.3 Å². The van der Waals surface area contributed by atoms with Crippen molar-refractivity contribution in [1.82, 2.24) is 14.4 Å². The van der Waals surface area contributed by atoms with E-state index in [-0.39, 0.29) is 30.5 Å². The molecule has 1 saturated carbocycles. The van der Waals surface area contributed by atoms with Crippen molar-refractivity contribution in [2.45, 2.75) is 84.0 Å². The second-order valence-electron chi connectivity index (χ2n) is 9.52. The largest absolute Gasteiger partial charge is 0.465 e. The normalized spacial score (nSPS) is 18.9. The Hall–Kier alpha value is -2.85. The number of nitriles is 1. The molecule has 7 heteroatoms. The van der Waals surface area contributed by atoms with E-state index >= 15 is 0 Å². The van der Waals surface area contributed by atoms with Gasteiger partial charge in [0.2, 0.25) is 5.91 Å². The van der Waals surface area contributed by atoms with Crippen molar-refractivity contribution < 1.29 is 14.3 Å². The number of benzene rings is 1. The fraction of sp³-hybridized carbons (Fsp3) is 0.593. The molecule has 2 heterocycles. The summed E-state index contributed by atoms with van der Waals surface area (Å²) in [6, 6.07) is 10.5. The van der Waals surface area contributed by atoms with Gasteiger partial charge in [-0.25, -0.2) is 0 Å². The molecule has 7 nitrogen and oxygen atoms in total. The number of nitrogens with zero attached hydrogens (tertiary/aromatic N) is 4. The number of likely N-dealkylation sites (tertiary alicyclic amines) is 1. The fourth-order valence-electron chi connectivity index (χ4n) is 5.43. The first kappa shape index (κ1) is 24.3. The van der Waals surface area contributed by atoms with Gasteiger partial charge >= 0.3 is 5.97 Å². The summed E-state index contributed by atoms with van der Waals surface area (Å²) in [6.07, 6.45) is 5.92. The van der Waals surface area contributed by atoms with Gasteiger partial charge in [-0.1, -0.05) is 6.07 Å². The molecule has 1 aliphatic carbocycles. The van der Waals surface area contributed by atoms with Gasteiger partial charge in [-0.3, -0.25) is 14.5 Å². The van der Waals surface area contributed by atoms with Gasteiger partial charge in [0.1, 0.15) is 0 Å². The second kappa shape index (κ2) is 10.6. The number of aryl methyl sites for hydroxylation is 2. The van der Waals surface area contributed by atoms with Crippen molar-refractivity contribution in [2.24, 2.45) is 0 Å². The average molecular weight is 465 g/mol. The molecule has 2 atom stereocenters. The second-order valence-corrected chi connectivity index (χ2v) is 9.52. The van der Waals surface area contributed by atoms with Crippen LogP contribution in [0.5, 0.6) is 0 Å². The molecule has 1 aliphatic heterocycles. The molecule has 0 spiro atoms. The molecule has 2 aliphatic rings. The Labute approximate surface area is 202 Å². The first-order chi connectivity index (χ1) is 16.5. The lowest BCUT2D eigenvalue weighted by Gasteiger charge is -2.33. The van der Waals surface area contributed by atoms with Crippen LogP contribution >= 0.6 is 0 Å². The summed E-state index contributed by atoms with van der Waals surface area (Å²) in [5.41, 5.74) is 3.03. The molecule has 1 saturated heterocycles. The summed E-state index contributed by atoms with van der Waals surface area (Å²) in [5.74, 6) is -0.118. The summed E-state index contributed by atoms with van der Waals surface area (Å²) < 4.78 is 7.44. The quantitative estimate of drug-likeness (QED) is 0.499. The Morgan fingerprint density at radius 2 is 2.03 bits per heavy atom. The van der Waals surface area contributed by atoms with Crippen LogP contribution in [0.25, 0.3) is 10.9 Å². The number of ether oxygens (including phenoxy) is 1. The molecule has 1 aromatic heterocycles. The van der Waals surface area contributed by atoms with Gasteiger partial charge < -0.3 is 14.2 Å². The summed E-state index contributed by atoms with van der Waals surface area (Å²) >= 11 is 0. The Bertz CT molecular complexity index is 1080. The van der Waals surface area contributed by atoms with Crippen molar-refractivity contribution in [3.05, 3.63) is 35.5 Å². The average Bonchev–Trinajstić information content (AvgIpc) is 3.46. The Morgan fingerprint density at radius 3 is 2.71 bits per heavy atom. The van der Waals surface area contributed by atoms with Crippen LogP contribution in [0.1, 0.15) is 64.1 Å². The van der Waals surface area contributed by atoms with Crippen molar-refractivity contribution >= 4 is 22.8 Å². The molecule has 34 heavy (non-hydrogen) atoms.